The highest BCUT2D eigenvalue weighted by Crippen LogP contribution is 2.16. The third-order valence-electron chi connectivity index (χ3n) is 2.87. The van der Waals surface area contributed by atoms with Crippen LogP contribution in [0.15, 0.2) is 29.1 Å². The molecule has 3 N–H and O–H groups in total. The molecule has 0 bridgehead atoms. The van der Waals surface area contributed by atoms with Crippen LogP contribution in [0, 0.1) is 5.82 Å². The molecule has 0 aliphatic carbocycles. The summed E-state index contributed by atoms with van der Waals surface area (Å²) in [4.78, 5) is 18.8. The first kappa shape index (κ1) is 13.3. The zero-order chi connectivity index (χ0) is 14.0. The third kappa shape index (κ3) is 2.99. The molecule has 0 unspecified atom stereocenters. The van der Waals surface area contributed by atoms with E-state index in [0.717, 1.165) is 5.56 Å². The van der Waals surface area contributed by atoms with Crippen molar-refractivity contribution in [3.05, 3.63) is 57.4 Å². The molecule has 0 aliphatic rings. The van der Waals surface area contributed by atoms with E-state index in [-0.39, 0.29) is 23.1 Å². The number of nitrogens with zero attached hydrogens (tertiary/aromatic N) is 1. The minimum absolute atomic E-state index is 0.0134. The highest BCUT2D eigenvalue weighted by atomic mass is 19.1. The van der Waals surface area contributed by atoms with Crippen molar-refractivity contribution in [2.24, 2.45) is 0 Å². The molecule has 0 amide bonds. The first-order chi connectivity index (χ1) is 8.97. The molecule has 0 fully saturated rings. The molecule has 1 aromatic carbocycles. The molecule has 0 saturated heterocycles. The maximum Gasteiger partial charge on any atom is 0.256 e. The van der Waals surface area contributed by atoms with E-state index in [9.17, 15) is 9.18 Å². The largest absolute Gasteiger partial charge is 0.383 e. The molecule has 0 radical (unpaired) electrons. The van der Waals surface area contributed by atoms with E-state index >= 15 is 0 Å². The number of hydrogen-bond donors (Lipinski definition) is 2. The van der Waals surface area contributed by atoms with Gasteiger partial charge in [-0.05, 0) is 23.6 Å². The number of anilines is 1. The van der Waals surface area contributed by atoms with Crippen molar-refractivity contribution in [3.8, 4) is 0 Å². The number of halogens is 1. The molecule has 0 spiro atoms. The molecule has 4 nitrogen and oxygen atoms in total. The van der Waals surface area contributed by atoms with Gasteiger partial charge >= 0.3 is 0 Å². The van der Waals surface area contributed by atoms with Gasteiger partial charge in [0, 0.05) is 6.42 Å². The Morgan fingerprint density at radius 1 is 1.42 bits per heavy atom. The lowest BCUT2D eigenvalue weighted by Crippen LogP contribution is -2.20. The molecule has 2 rings (SSSR count). The van der Waals surface area contributed by atoms with Gasteiger partial charge in [-0.15, -0.1) is 0 Å². The topological polar surface area (TPSA) is 71.8 Å². The van der Waals surface area contributed by atoms with Gasteiger partial charge in [-0.3, -0.25) is 4.79 Å². The molecule has 1 heterocycles. The average Bonchev–Trinajstić information content (AvgIpc) is 2.27. The van der Waals surface area contributed by atoms with Gasteiger partial charge in [0.1, 0.15) is 17.5 Å². The maximum absolute atomic E-state index is 13.1. The molecule has 19 heavy (non-hydrogen) atoms. The van der Waals surface area contributed by atoms with Gasteiger partial charge in [-0.25, -0.2) is 9.37 Å². The monoisotopic (exact) mass is 261 g/mol. The number of rotatable bonds is 3. The van der Waals surface area contributed by atoms with Crippen LogP contribution < -0.4 is 11.3 Å². The number of H-pyrrole nitrogens is 1. The molecule has 5 heteroatoms. The molecule has 1 aromatic heterocycles. The zero-order valence-electron chi connectivity index (χ0n) is 10.9. The highest BCUT2D eigenvalue weighted by Gasteiger charge is 2.12. The lowest BCUT2D eigenvalue weighted by atomic mass is 10.1. The Bertz CT molecular complexity index is 649. The summed E-state index contributed by atoms with van der Waals surface area (Å²) in [5.74, 6) is 0.383. The van der Waals surface area contributed by atoms with Crippen LogP contribution in [0.3, 0.4) is 0 Å². The standard InChI is InChI=1S/C14H16FN3O/c1-8(2)12-13(16)17-11(18-14(12)19)7-9-4-3-5-10(15)6-9/h3-6,8H,7H2,1-2H3,(H3,16,17,18,19). The van der Waals surface area contributed by atoms with E-state index in [1.165, 1.54) is 12.1 Å². The minimum Gasteiger partial charge on any atom is -0.383 e. The Kier molecular flexibility index (Phi) is 3.64. The van der Waals surface area contributed by atoms with Crippen molar-refractivity contribution < 1.29 is 4.39 Å². The Morgan fingerprint density at radius 2 is 2.16 bits per heavy atom. The average molecular weight is 261 g/mol. The fraction of sp³-hybridized carbons (Fsp3) is 0.286. The Labute approximate surface area is 110 Å². The van der Waals surface area contributed by atoms with Crippen molar-refractivity contribution in [2.75, 3.05) is 5.73 Å². The molecule has 0 atom stereocenters. The van der Waals surface area contributed by atoms with Gasteiger partial charge in [0.05, 0.1) is 5.56 Å². The summed E-state index contributed by atoms with van der Waals surface area (Å²) in [6, 6.07) is 6.17. The van der Waals surface area contributed by atoms with E-state index in [1.807, 2.05) is 13.8 Å². The number of nitrogen functional groups attached to an aromatic ring is 1. The van der Waals surface area contributed by atoms with Crippen LogP contribution in [-0.2, 0) is 6.42 Å². The number of benzene rings is 1. The van der Waals surface area contributed by atoms with Gasteiger partial charge < -0.3 is 10.7 Å². The Hall–Kier alpha value is -2.17. The van der Waals surface area contributed by atoms with Crippen LogP contribution in [0.2, 0.25) is 0 Å². The molecule has 0 aliphatic heterocycles. The fourth-order valence-corrected chi connectivity index (χ4v) is 2.03. The molecular formula is C14H16FN3O. The summed E-state index contributed by atoms with van der Waals surface area (Å²) in [5.41, 5.74) is 6.80. The first-order valence-corrected chi connectivity index (χ1v) is 6.10. The number of aromatic nitrogens is 2. The molecule has 2 aromatic rings. The van der Waals surface area contributed by atoms with Crippen molar-refractivity contribution in [2.45, 2.75) is 26.2 Å². The van der Waals surface area contributed by atoms with E-state index in [4.69, 9.17) is 5.73 Å². The predicted octanol–water partition coefficient (Wildman–Crippen LogP) is 2.21. The van der Waals surface area contributed by atoms with Crippen LogP contribution >= 0.6 is 0 Å². The maximum atomic E-state index is 13.1. The van der Waals surface area contributed by atoms with Gasteiger partial charge in [0.15, 0.2) is 0 Å². The lowest BCUT2D eigenvalue weighted by molar-refractivity contribution is 0.625. The molecular weight excluding hydrogens is 245 g/mol. The summed E-state index contributed by atoms with van der Waals surface area (Å²) < 4.78 is 13.1. The van der Waals surface area contributed by atoms with E-state index in [2.05, 4.69) is 9.97 Å². The molecule has 0 saturated carbocycles. The predicted molar refractivity (Wildman–Crippen MR) is 72.6 cm³/mol. The van der Waals surface area contributed by atoms with E-state index < -0.39 is 0 Å². The summed E-state index contributed by atoms with van der Waals surface area (Å²) >= 11 is 0. The van der Waals surface area contributed by atoms with Crippen LogP contribution in [0.5, 0.6) is 0 Å². The lowest BCUT2D eigenvalue weighted by Gasteiger charge is -2.09. The summed E-state index contributed by atoms with van der Waals surface area (Å²) in [6.45, 7) is 3.77. The SMILES string of the molecule is CC(C)c1c(N)nc(Cc2cccc(F)c2)[nH]c1=O. The van der Waals surface area contributed by atoms with Crippen LogP contribution in [0.1, 0.15) is 36.7 Å². The van der Waals surface area contributed by atoms with Crippen molar-refractivity contribution in [1.29, 1.82) is 0 Å². The van der Waals surface area contributed by atoms with Gasteiger partial charge in [0.25, 0.3) is 5.56 Å². The van der Waals surface area contributed by atoms with Crippen molar-refractivity contribution in [3.63, 3.8) is 0 Å². The van der Waals surface area contributed by atoms with Gasteiger partial charge in [0.2, 0.25) is 0 Å². The second-order valence-electron chi connectivity index (χ2n) is 4.77. The van der Waals surface area contributed by atoms with E-state index in [1.54, 1.807) is 12.1 Å². The van der Waals surface area contributed by atoms with Gasteiger partial charge in [-0.2, -0.15) is 0 Å². The minimum atomic E-state index is -0.313. The normalized spacial score (nSPS) is 10.9. The zero-order valence-corrected chi connectivity index (χ0v) is 10.9. The second-order valence-corrected chi connectivity index (χ2v) is 4.77. The summed E-state index contributed by atoms with van der Waals surface area (Å²) in [6.07, 6.45) is 0.343. The van der Waals surface area contributed by atoms with E-state index in [0.29, 0.717) is 17.8 Å². The smallest absolute Gasteiger partial charge is 0.256 e. The number of nitrogens with one attached hydrogen (secondary N) is 1. The third-order valence-corrected chi connectivity index (χ3v) is 2.87. The molecule has 100 valence electrons. The number of aromatic amines is 1. The first-order valence-electron chi connectivity index (χ1n) is 6.10. The van der Waals surface area contributed by atoms with Crippen LogP contribution in [-0.4, -0.2) is 9.97 Å². The summed E-state index contributed by atoms with van der Waals surface area (Å²) in [5, 5.41) is 0. The quantitative estimate of drug-likeness (QED) is 0.889. The fourth-order valence-electron chi connectivity index (χ4n) is 2.03. The summed E-state index contributed by atoms with van der Waals surface area (Å²) in [7, 11) is 0. The van der Waals surface area contributed by atoms with Crippen molar-refractivity contribution >= 4 is 5.82 Å². The Balaban J connectivity index is 2.35. The Morgan fingerprint density at radius 3 is 2.74 bits per heavy atom. The highest BCUT2D eigenvalue weighted by molar-refractivity contribution is 5.40. The van der Waals surface area contributed by atoms with Gasteiger partial charge in [-0.1, -0.05) is 26.0 Å². The van der Waals surface area contributed by atoms with Crippen LogP contribution in [0.4, 0.5) is 10.2 Å². The number of hydrogen-bond acceptors (Lipinski definition) is 3. The van der Waals surface area contributed by atoms with Crippen molar-refractivity contribution in [1.82, 2.24) is 9.97 Å². The second kappa shape index (κ2) is 5.22. The van der Waals surface area contributed by atoms with Crippen LogP contribution in [0.25, 0.3) is 0 Å². The number of nitrogens with two attached hydrogens (primary N) is 1.